The number of piperidine rings is 1. The van der Waals surface area contributed by atoms with Crippen LogP contribution in [-0.4, -0.2) is 51.8 Å². The van der Waals surface area contributed by atoms with Gasteiger partial charge in [-0.25, -0.2) is 9.87 Å². The lowest BCUT2D eigenvalue weighted by molar-refractivity contribution is -0.132. The van der Waals surface area contributed by atoms with Crippen LogP contribution in [0.5, 0.6) is 0 Å². The lowest BCUT2D eigenvalue weighted by Crippen LogP contribution is -2.42. The van der Waals surface area contributed by atoms with Crippen molar-refractivity contribution in [2.45, 2.75) is 37.1 Å². The van der Waals surface area contributed by atoms with E-state index in [4.69, 9.17) is 12.6 Å². The molecule has 2 aliphatic rings. The number of benzene rings is 1. The first kappa shape index (κ1) is 25.4. The minimum Gasteiger partial charge on any atom is -0.297 e. The molecule has 1 aromatic heterocycles. The van der Waals surface area contributed by atoms with Crippen molar-refractivity contribution in [2.75, 3.05) is 20.2 Å². The van der Waals surface area contributed by atoms with E-state index in [0.29, 0.717) is 24.3 Å². The summed E-state index contributed by atoms with van der Waals surface area (Å²) in [6, 6.07) is 7.77. The van der Waals surface area contributed by atoms with Crippen LogP contribution in [0.1, 0.15) is 36.6 Å². The van der Waals surface area contributed by atoms with E-state index < -0.39 is 6.04 Å². The monoisotopic (exact) mass is 494 g/mol. The summed E-state index contributed by atoms with van der Waals surface area (Å²) >= 11 is 4.73. The van der Waals surface area contributed by atoms with Crippen LogP contribution in [0, 0.1) is 11.7 Å². The lowest BCUT2D eigenvalue weighted by atomic mass is 9.93. The highest BCUT2D eigenvalue weighted by Gasteiger charge is 2.40. The number of hydrogen-bond acceptors (Lipinski definition) is 6. The van der Waals surface area contributed by atoms with Gasteiger partial charge in [0.25, 0.3) is 5.91 Å². The normalized spacial score (nSPS) is 20.8. The van der Waals surface area contributed by atoms with Crippen molar-refractivity contribution in [3.63, 3.8) is 0 Å². The third-order valence-corrected chi connectivity index (χ3v) is 6.42. The molecule has 2 atom stereocenters. The third kappa shape index (κ3) is 6.23. The molecule has 0 bridgehead atoms. The van der Waals surface area contributed by atoms with Gasteiger partial charge >= 0.3 is 0 Å². The average Bonchev–Trinajstić information content (AvgIpc) is 3.53. The maximum Gasteiger partial charge on any atom is 0.265 e. The second-order valence-corrected chi connectivity index (χ2v) is 8.89. The van der Waals surface area contributed by atoms with E-state index in [9.17, 15) is 14.0 Å². The summed E-state index contributed by atoms with van der Waals surface area (Å²) in [5.41, 5.74) is 4.40. The molecule has 178 valence electrons. The molecule has 1 N–H and O–H groups in total. The van der Waals surface area contributed by atoms with Crippen LogP contribution in [0.3, 0.4) is 0 Å². The van der Waals surface area contributed by atoms with Gasteiger partial charge in [0.1, 0.15) is 12.4 Å². The Morgan fingerprint density at radius 2 is 2.06 bits per heavy atom. The highest BCUT2D eigenvalue weighted by Crippen LogP contribution is 2.39. The van der Waals surface area contributed by atoms with Crippen LogP contribution >= 0.6 is 25.0 Å². The van der Waals surface area contributed by atoms with Gasteiger partial charge in [-0.3, -0.25) is 24.0 Å². The summed E-state index contributed by atoms with van der Waals surface area (Å²) < 4.78 is 16.2. The maximum atomic E-state index is 14.7. The molecule has 1 aliphatic heterocycles. The van der Waals surface area contributed by atoms with Gasteiger partial charge in [-0.05, 0) is 43.0 Å². The number of rotatable bonds is 8. The summed E-state index contributed by atoms with van der Waals surface area (Å²) in [6.45, 7) is 1.20. The van der Waals surface area contributed by atoms with Crippen molar-refractivity contribution in [1.29, 1.82) is 0 Å². The van der Waals surface area contributed by atoms with E-state index in [1.54, 1.807) is 24.4 Å². The second-order valence-electron chi connectivity index (χ2n) is 8.26. The third-order valence-electron chi connectivity index (χ3n) is 5.83. The Labute approximate surface area is 204 Å². The zero-order valence-corrected chi connectivity index (χ0v) is 20.0. The van der Waals surface area contributed by atoms with Crippen molar-refractivity contribution >= 4 is 42.8 Å². The van der Waals surface area contributed by atoms with E-state index in [1.807, 2.05) is 12.1 Å². The molecule has 0 radical (unpaired) electrons. The fraction of sp³-hybridized carbons (Fsp3) is 0.435. The lowest BCUT2D eigenvalue weighted by Gasteiger charge is -2.37. The smallest absolute Gasteiger partial charge is 0.265 e. The Kier molecular flexibility index (Phi) is 8.69. The largest absolute Gasteiger partial charge is 0.297 e. The number of carbonyl (C=O) groups excluding carboxylic acids is 2. The number of likely N-dealkylation sites (tertiary alicyclic amines) is 1. The first-order valence-corrected chi connectivity index (χ1v) is 11.2. The Bertz CT molecular complexity index is 1030. The molecule has 1 amide bonds. The van der Waals surface area contributed by atoms with Gasteiger partial charge in [-0.1, -0.05) is 18.2 Å². The zero-order valence-electron chi connectivity index (χ0n) is 18.3. The summed E-state index contributed by atoms with van der Waals surface area (Å²) in [7, 11) is 1.38. The fourth-order valence-electron chi connectivity index (χ4n) is 4.10. The van der Waals surface area contributed by atoms with Crippen LogP contribution in [0.2, 0.25) is 0 Å². The maximum absolute atomic E-state index is 14.7. The highest BCUT2D eigenvalue weighted by molar-refractivity contribution is 7.81. The molecule has 0 spiro atoms. The molecule has 4 rings (SSSR count). The molecule has 10 heteroatoms. The number of Topliss-reactive ketones (excluding diaryl/α,β-unsaturated/α-hetero) is 1. The minimum atomic E-state index is -0.594. The van der Waals surface area contributed by atoms with E-state index >= 15 is 0 Å². The van der Waals surface area contributed by atoms with Gasteiger partial charge in [0, 0.05) is 36.0 Å². The van der Waals surface area contributed by atoms with Crippen LogP contribution in [0.4, 0.5) is 4.39 Å². The Hall–Kier alpha value is -2.20. The number of hydrogen-bond donors (Lipinski definition) is 2. The Balaban J connectivity index is 0.00000306. The highest BCUT2D eigenvalue weighted by atomic mass is 35.5. The number of thiol groups is 1. The van der Waals surface area contributed by atoms with E-state index in [2.05, 4.69) is 20.3 Å². The predicted octanol–water partition coefficient (Wildman–Crippen LogP) is 3.23. The Morgan fingerprint density at radius 3 is 2.76 bits per heavy atom. The number of nitrogens with one attached hydrogen (secondary N) is 1. The van der Waals surface area contributed by atoms with E-state index in [1.165, 1.54) is 17.9 Å². The minimum absolute atomic E-state index is 0. The standard InChI is InChI=1S/C23H27FN4O3S.ClH/c1-31-26-21(29)14-28-11-8-17(25-28)12-16-13-27(10-9-20(16)32)22(23(30)15-6-7-15)18-4-2-3-5-19(18)24;/h2-5,8,11-12,15,20,22,32H,6-7,9-10,13-14H2,1H3,(H,26,29);1H. The Morgan fingerprint density at radius 1 is 1.30 bits per heavy atom. The van der Waals surface area contributed by atoms with Gasteiger partial charge < -0.3 is 0 Å². The van der Waals surface area contributed by atoms with Gasteiger partial charge in [0.15, 0.2) is 5.78 Å². The molecule has 1 aliphatic carbocycles. The molecule has 2 fully saturated rings. The van der Waals surface area contributed by atoms with Crippen molar-refractivity contribution in [3.8, 4) is 0 Å². The first-order chi connectivity index (χ1) is 15.5. The number of nitrogens with zero attached hydrogens (tertiary/aromatic N) is 3. The number of aromatic nitrogens is 2. The van der Waals surface area contributed by atoms with Gasteiger partial charge in [-0.15, -0.1) is 12.4 Å². The van der Waals surface area contributed by atoms with Crippen molar-refractivity contribution in [1.82, 2.24) is 20.2 Å². The van der Waals surface area contributed by atoms with Gasteiger partial charge in [-0.2, -0.15) is 17.7 Å². The molecular weight excluding hydrogens is 467 g/mol. The molecule has 1 saturated heterocycles. The predicted molar refractivity (Wildman–Crippen MR) is 128 cm³/mol. The number of hydroxylamine groups is 1. The first-order valence-electron chi connectivity index (χ1n) is 10.7. The molecule has 1 saturated carbocycles. The van der Waals surface area contributed by atoms with E-state index in [0.717, 1.165) is 24.8 Å². The summed E-state index contributed by atoms with van der Waals surface area (Å²) in [5, 5.41) is 4.44. The fourth-order valence-corrected chi connectivity index (χ4v) is 4.37. The topological polar surface area (TPSA) is 76.5 Å². The number of ketones is 1. The number of halogens is 2. The molecule has 2 unspecified atom stereocenters. The van der Waals surface area contributed by atoms with Gasteiger partial charge in [0.2, 0.25) is 0 Å². The number of carbonyl (C=O) groups is 2. The molecule has 2 heterocycles. The van der Waals surface area contributed by atoms with Crippen LogP contribution in [0.25, 0.3) is 6.08 Å². The van der Waals surface area contributed by atoms with Crippen molar-refractivity contribution < 1.29 is 18.8 Å². The average molecular weight is 495 g/mol. The van der Waals surface area contributed by atoms with Crippen LogP contribution < -0.4 is 5.48 Å². The zero-order chi connectivity index (χ0) is 22.7. The van der Waals surface area contributed by atoms with Crippen molar-refractivity contribution in [3.05, 3.63) is 59.2 Å². The molecule has 33 heavy (non-hydrogen) atoms. The van der Waals surface area contributed by atoms with Crippen LogP contribution in [0.15, 0.2) is 42.1 Å². The molecule has 7 nitrogen and oxygen atoms in total. The molecular formula is C23H28ClFN4O3S. The quantitative estimate of drug-likeness (QED) is 0.435. The van der Waals surface area contributed by atoms with Crippen molar-refractivity contribution in [2.24, 2.45) is 5.92 Å². The van der Waals surface area contributed by atoms with Crippen LogP contribution in [-0.2, 0) is 21.0 Å². The summed E-state index contributed by atoms with van der Waals surface area (Å²) in [5.74, 6) is -0.537. The van der Waals surface area contributed by atoms with Gasteiger partial charge in [0.05, 0.1) is 18.8 Å². The molecule has 2 aromatic rings. The number of amides is 1. The summed E-state index contributed by atoms with van der Waals surface area (Å²) in [4.78, 5) is 31.5. The SMILES string of the molecule is CONC(=O)Cn1ccc(C=C2CN(C(C(=O)C3CC3)c3ccccc3F)CCC2S)n1.Cl. The van der Waals surface area contributed by atoms with E-state index in [-0.39, 0.29) is 47.6 Å². The molecule has 1 aromatic carbocycles. The second kappa shape index (κ2) is 11.3. The summed E-state index contributed by atoms with van der Waals surface area (Å²) in [6.07, 6.45) is 6.16.